The van der Waals surface area contributed by atoms with Crippen LogP contribution in [0.25, 0.3) is 33.4 Å². The van der Waals surface area contributed by atoms with E-state index in [-0.39, 0.29) is 10.8 Å². The molecule has 226 valence electrons. The smallest absolute Gasteiger partial charge is 0.000695 e. The first kappa shape index (κ1) is 29.5. The second-order valence-corrected chi connectivity index (χ2v) is 15.3. The van der Waals surface area contributed by atoms with E-state index in [4.69, 9.17) is 0 Å². The minimum Gasteiger partial charge on any atom is -0.0801 e. The summed E-state index contributed by atoms with van der Waals surface area (Å²) in [6.45, 7) is 16.5. The third kappa shape index (κ3) is 5.19. The Morgan fingerprint density at radius 3 is 1.96 bits per heavy atom. The molecule has 0 aromatic heterocycles. The summed E-state index contributed by atoms with van der Waals surface area (Å²) in [6.07, 6.45) is 26.9. The van der Waals surface area contributed by atoms with Crippen molar-refractivity contribution in [2.75, 3.05) is 0 Å². The highest BCUT2D eigenvalue weighted by Gasteiger charge is 2.34. The fourth-order valence-electron chi connectivity index (χ4n) is 7.86. The molecule has 0 aliphatic heterocycles. The highest BCUT2D eigenvalue weighted by atomic mass is 14.4. The molecule has 0 saturated heterocycles. The van der Waals surface area contributed by atoms with Gasteiger partial charge in [-0.3, -0.25) is 0 Å². The normalized spacial score (nSPS) is 19.5. The lowest BCUT2D eigenvalue weighted by Crippen LogP contribution is -2.41. The maximum atomic E-state index is 2.51. The van der Waals surface area contributed by atoms with Crippen molar-refractivity contribution in [2.24, 2.45) is 0 Å². The molecule has 0 N–H and O–H groups in total. The van der Waals surface area contributed by atoms with Crippen molar-refractivity contribution in [2.45, 2.75) is 85.0 Å². The molecule has 4 aliphatic carbocycles. The van der Waals surface area contributed by atoms with Crippen molar-refractivity contribution < 1.29 is 0 Å². The fourth-order valence-corrected chi connectivity index (χ4v) is 7.86. The molecule has 7 rings (SSSR count). The Bertz CT molecular complexity index is 2050. The summed E-state index contributed by atoms with van der Waals surface area (Å²) in [7, 11) is 0. The molecular weight excluding hydrogens is 540 g/mol. The molecule has 3 aromatic rings. The molecule has 0 fully saturated rings. The summed E-state index contributed by atoms with van der Waals surface area (Å²) in [5.74, 6) is 0. The molecule has 4 aliphatic rings. The number of hydrogen-bond acceptors (Lipinski definition) is 0. The van der Waals surface area contributed by atoms with Gasteiger partial charge in [-0.25, -0.2) is 0 Å². The SMILES string of the molecule is Cc1cccc(C2=C(c3c4c(c(=C5C=CC=CC5)c(=C5C=CC=CC5)c3C(C)(C)C)-c3ccc(C(C)(C)C)cc3C4)CC=C2)c1. The van der Waals surface area contributed by atoms with E-state index in [9.17, 15) is 0 Å². The third-order valence-corrected chi connectivity index (χ3v) is 9.93. The van der Waals surface area contributed by atoms with Gasteiger partial charge < -0.3 is 0 Å². The third-order valence-electron chi connectivity index (χ3n) is 9.93. The zero-order valence-corrected chi connectivity index (χ0v) is 28.1. The molecule has 45 heavy (non-hydrogen) atoms. The standard InChI is InChI=1S/C45H46/c1-29-16-14-21-32(26-29)35-22-15-23-37(35)42-38-28-33-27-34(44(2,3)4)24-25-36(33)41(38)39(30-17-10-8-11-18-30)40(43(42)45(5,6)7)31-19-12-9-13-20-31/h8-17,19,21-22,24-27H,18,20,23,28H2,1-7H3. The van der Waals surface area contributed by atoms with Crippen molar-refractivity contribution in [1.82, 2.24) is 0 Å². The molecule has 0 spiro atoms. The number of allylic oxidation sites excluding steroid dienone is 12. The predicted molar refractivity (Wildman–Crippen MR) is 196 cm³/mol. The Hall–Kier alpha value is -4.16. The highest BCUT2D eigenvalue weighted by molar-refractivity contribution is 6.02. The highest BCUT2D eigenvalue weighted by Crippen LogP contribution is 2.47. The van der Waals surface area contributed by atoms with E-state index in [2.05, 4.69) is 152 Å². The van der Waals surface area contributed by atoms with Crippen molar-refractivity contribution in [3.05, 3.63) is 153 Å². The van der Waals surface area contributed by atoms with Crippen LogP contribution < -0.4 is 10.4 Å². The lowest BCUT2D eigenvalue weighted by atomic mass is 9.73. The van der Waals surface area contributed by atoms with Gasteiger partial charge in [0.15, 0.2) is 0 Å². The number of rotatable bonds is 2. The summed E-state index contributed by atoms with van der Waals surface area (Å²) < 4.78 is 0. The van der Waals surface area contributed by atoms with Crippen LogP contribution in [0.3, 0.4) is 0 Å². The second-order valence-electron chi connectivity index (χ2n) is 15.3. The molecule has 0 bridgehead atoms. The Morgan fingerprint density at radius 2 is 1.33 bits per heavy atom. The van der Waals surface area contributed by atoms with Crippen LogP contribution in [0.15, 0.2) is 103 Å². The van der Waals surface area contributed by atoms with E-state index in [1.807, 2.05) is 0 Å². The predicted octanol–water partition coefficient (Wildman–Crippen LogP) is 10.4. The average Bonchev–Trinajstić information content (AvgIpc) is 3.65. The quantitative estimate of drug-likeness (QED) is 0.219. The summed E-state index contributed by atoms with van der Waals surface area (Å²) in [4.78, 5) is 0. The Balaban J connectivity index is 1.71. The van der Waals surface area contributed by atoms with Crippen molar-refractivity contribution in [3.63, 3.8) is 0 Å². The molecule has 0 radical (unpaired) electrons. The van der Waals surface area contributed by atoms with Gasteiger partial charge in [0, 0.05) is 0 Å². The van der Waals surface area contributed by atoms with Gasteiger partial charge in [-0.05, 0) is 121 Å². The van der Waals surface area contributed by atoms with Crippen LogP contribution in [0.1, 0.15) is 99.7 Å². The maximum absolute atomic E-state index is 2.51. The Kier molecular flexibility index (Phi) is 7.24. The van der Waals surface area contributed by atoms with Crippen LogP contribution in [-0.2, 0) is 17.3 Å². The molecule has 0 atom stereocenters. The van der Waals surface area contributed by atoms with Gasteiger partial charge in [-0.15, -0.1) is 0 Å². The first-order chi connectivity index (χ1) is 21.5. The van der Waals surface area contributed by atoms with Gasteiger partial charge in [0.1, 0.15) is 0 Å². The molecule has 0 heterocycles. The van der Waals surface area contributed by atoms with E-state index in [0.717, 1.165) is 25.7 Å². The molecule has 0 heteroatoms. The van der Waals surface area contributed by atoms with Gasteiger partial charge in [-0.1, -0.05) is 150 Å². The van der Waals surface area contributed by atoms with E-state index < -0.39 is 0 Å². The lowest BCUT2D eigenvalue weighted by molar-refractivity contribution is 0.582. The minimum absolute atomic E-state index is 0.0656. The molecule has 0 nitrogen and oxygen atoms in total. The van der Waals surface area contributed by atoms with Gasteiger partial charge >= 0.3 is 0 Å². The van der Waals surface area contributed by atoms with Gasteiger partial charge in [0.2, 0.25) is 0 Å². The van der Waals surface area contributed by atoms with Gasteiger partial charge in [-0.2, -0.15) is 0 Å². The van der Waals surface area contributed by atoms with E-state index in [1.54, 1.807) is 0 Å². The molecular formula is C45H46. The summed E-state index contributed by atoms with van der Waals surface area (Å²) in [5.41, 5.74) is 18.7. The largest absolute Gasteiger partial charge is 0.0801 e. The Labute approximate surface area is 270 Å². The molecule has 0 saturated carbocycles. The summed E-state index contributed by atoms with van der Waals surface area (Å²) in [5, 5.41) is 2.92. The summed E-state index contributed by atoms with van der Waals surface area (Å²) >= 11 is 0. The Morgan fingerprint density at radius 1 is 0.622 bits per heavy atom. The van der Waals surface area contributed by atoms with E-state index in [0.29, 0.717) is 0 Å². The van der Waals surface area contributed by atoms with Crippen LogP contribution in [0.5, 0.6) is 0 Å². The van der Waals surface area contributed by atoms with Gasteiger partial charge in [0.05, 0.1) is 0 Å². The number of benzene rings is 3. The summed E-state index contributed by atoms with van der Waals surface area (Å²) in [6, 6.07) is 16.4. The topological polar surface area (TPSA) is 0 Å². The number of fused-ring (bicyclic) bond motifs is 3. The first-order valence-electron chi connectivity index (χ1n) is 16.8. The number of aryl methyl sites for hydroxylation is 1. The van der Waals surface area contributed by atoms with Crippen molar-refractivity contribution >= 4 is 22.3 Å². The van der Waals surface area contributed by atoms with Crippen molar-refractivity contribution in [1.29, 1.82) is 0 Å². The molecule has 0 amide bonds. The lowest BCUT2D eigenvalue weighted by Gasteiger charge is -2.30. The fraction of sp³-hybridized carbons (Fsp3) is 0.289. The maximum Gasteiger partial charge on any atom is -0.000695 e. The zero-order chi connectivity index (χ0) is 31.5. The zero-order valence-electron chi connectivity index (χ0n) is 28.1. The van der Waals surface area contributed by atoms with E-state index in [1.165, 1.54) is 82.8 Å². The minimum atomic E-state index is -0.0656. The van der Waals surface area contributed by atoms with Crippen LogP contribution in [0.2, 0.25) is 0 Å². The number of hydrogen-bond donors (Lipinski definition) is 0. The molecule has 3 aromatic carbocycles. The second kappa shape index (κ2) is 11.0. The van der Waals surface area contributed by atoms with Crippen LogP contribution in [-0.4, -0.2) is 0 Å². The van der Waals surface area contributed by atoms with Gasteiger partial charge in [0.25, 0.3) is 0 Å². The average molecular weight is 587 g/mol. The van der Waals surface area contributed by atoms with Crippen LogP contribution in [0.4, 0.5) is 0 Å². The van der Waals surface area contributed by atoms with E-state index >= 15 is 0 Å². The first-order valence-corrected chi connectivity index (χ1v) is 16.8. The molecule has 0 unspecified atom stereocenters. The van der Waals surface area contributed by atoms with Crippen molar-refractivity contribution in [3.8, 4) is 11.1 Å². The van der Waals surface area contributed by atoms with Crippen LogP contribution in [0, 0.1) is 6.92 Å². The monoisotopic (exact) mass is 586 g/mol. The van der Waals surface area contributed by atoms with Crippen LogP contribution >= 0.6 is 0 Å².